The highest BCUT2D eigenvalue weighted by molar-refractivity contribution is 4.70. The summed E-state index contributed by atoms with van der Waals surface area (Å²) in [5.41, 5.74) is 0.287. The van der Waals surface area contributed by atoms with Crippen molar-refractivity contribution in [2.45, 2.75) is 40.2 Å². The highest BCUT2D eigenvalue weighted by atomic mass is 16.5. The SMILES string of the molecule is CCOCCOCC(O)CNCC(C)(C)CC. The van der Waals surface area contributed by atoms with Gasteiger partial charge in [0, 0.05) is 19.7 Å². The first kappa shape index (κ1) is 16.8. The molecule has 0 aromatic heterocycles. The van der Waals surface area contributed by atoms with Gasteiger partial charge in [-0.3, -0.25) is 0 Å². The molecule has 0 saturated heterocycles. The second kappa shape index (κ2) is 9.83. The molecule has 104 valence electrons. The summed E-state index contributed by atoms with van der Waals surface area (Å²) in [4.78, 5) is 0. The van der Waals surface area contributed by atoms with Crippen LogP contribution in [0.4, 0.5) is 0 Å². The Morgan fingerprint density at radius 3 is 2.41 bits per heavy atom. The lowest BCUT2D eigenvalue weighted by Crippen LogP contribution is -2.36. The molecule has 0 aliphatic rings. The minimum Gasteiger partial charge on any atom is -0.389 e. The van der Waals surface area contributed by atoms with E-state index < -0.39 is 6.10 Å². The van der Waals surface area contributed by atoms with E-state index >= 15 is 0 Å². The number of nitrogens with one attached hydrogen (secondary N) is 1. The van der Waals surface area contributed by atoms with Crippen LogP contribution in [0.15, 0.2) is 0 Å². The number of aliphatic hydroxyl groups is 1. The van der Waals surface area contributed by atoms with Gasteiger partial charge >= 0.3 is 0 Å². The van der Waals surface area contributed by atoms with Gasteiger partial charge in [-0.25, -0.2) is 0 Å². The van der Waals surface area contributed by atoms with Crippen LogP contribution >= 0.6 is 0 Å². The van der Waals surface area contributed by atoms with Crippen molar-refractivity contribution in [1.82, 2.24) is 5.32 Å². The monoisotopic (exact) mass is 247 g/mol. The second-order valence-corrected chi connectivity index (χ2v) is 5.07. The van der Waals surface area contributed by atoms with Crippen molar-refractivity contribution >= 4 is 0 Å². The van der Waals surface area contributed by atoms with Crippen molar-refractivity contribution in [1.29, 1.82) is 0 Å². The van der Waals surface area contributed by atoms with Crippen LogP contribution in [0, 0.1) is 5.41 Å². The van der Waals surface area contributed by atoms with Crippen molar-refractivity contribution in [2.75, 3.05) is 39.5 Å². The van der Waals surface area contributed by atoms with E-state index in [9.17, 15) is 5.11 Å². The number of rotatable bonds is 11. The van der Waals surface area contributed by atoms with Gasteiger partial charge < -0.3 is 19.9 Å². The lowest BCUT2D eigenvalue weighted by Gasteiger charge is -2.23. The molecule has 0 amide bonds. The Balaban J connectivity index is 3.37. The average Bonchev–Trinajstić information content (AvgIpc) is 2.28. The molecule has 0 aromatic rings. The molecule has 1 atom stereocenters. The van der Waals surface area contributed by atoms with Crippen LogP contribution in [0.25, 0.3) is 0 Å². The van der Waals surface area contributed by atoms with E-state index in [2.05, 4.69) is 26.1 Å². The molecule has 4 heteroatoms. The Kier molecular flexibility index (Phi) is 9.74. The summed E-state index contributed by atoms with van der Waals surface area (Å²) in [6, 6.07) is 0. The predicted molar refractivity (Wildman–Crippen MR) is 70.3 cm³/mol. The molecule has 0 rings (SSSR count). The van der Waals surface area contributed by atoms with Gasteiger partial charge in [-0.1, -0.05) is 20.8 Å². The summed E-state index contributed by atoms with van der Waals surface area (Å²) in [5, 5.41) is 12.9. The van der Waals surface area contributed by atoms with Gasteiger partial charge in [-0.15, -0.1) is 0 Å². The van der Waals surface area contributed by atoms with Gasteiger partial charge in [0.1, 0.15) is 0 Å². The molecular weight excluding hydrogens is 218 g/mol. The molecule has 0 aromatic carbocycles. The molecule has 0 fully saturated rings. The van der Waals surface area contributed by atoms with E-state index in [1.165, 1.54) is 0 Å². The average molecular weight is 247 g/mol. The lowest BCUT2D eigenvalue weighted by molar-refractivity contribution is 0.00593. The molecule has 0 aliphatic heterocycles. The third-order valence-corrected chi connectivity index (χ3v) is 2.83. The smallest absolute Gasteiger partial charge is 0.0897 e. The molecule has 0 heterocycles. The van der Waals surface area contributed by atoms with Crippen molar-refractivity contribution in [3.63, 3.8) is 0 Å². The second-order valence-electron chi connectivity index (χ2n) is 5.07. The van der Waals surface area contributed by atoms with Crippen LogP contribution < -0.4 is 5.32 Å². The molecule has 0 aliphatic carbocycles. The molecule has 0 spiro atoms. The summed E-state index contributed by atoms with van der Waals surface area (Å²) in [6.07, 6.45) is 0.685. The number of hydrogen-bond donors (Lipinski definition) is 2. The van der Waals surface area contributed by atoms with Gasteiger partial charge in [-0.2, -0.15) is 0 Å². The van der Waals surface area contributed by atoms with Crippen molar-refractivity contribution in [2.24, 2.45) is 5.41 Å². The standard InChI is InChI=1S/C13H29NO3/c1-5-13(3,4)11-14-9-12(15)10-17-8-7-16-6-2/h12,14-15H,5-11H2,1-4H3. The minimum absolute atomic E-state index is 0.287. The molecule has 0 saturated carbocycles. The van der Waals surface area contributed by atoms with Crippen LogP contribution in [-0.2, 0) is 9.47 Å². The van der Waals surface area contributed by atoms with Gasteiger partial charge in [0.15, 0.2) is 0 Å². The largest absolute Gasteiger partial charge is 0.389 e. The number of ether oxygens (including phenoxy) is 2. The first-order valence-electron chi connectivity index (χ1n) is 6.56. The maximum atomic E-state index is 9.65. The Morgan fingerprint density at radius 1 is 1.18 bits per heavy atom. The Labute approximate surface area is 106 Å². The number of aliphatic hydroxyl groups excluding tert-OH is 1. The first-order valence-corrected chi connectivity index (χ1v) is 6.56. The fourth-order valence-corrected chi connectivity index (χ4v) is 1.24. The summed E-state index contributed by atoms with van der Waals surface area (Å²) in [6.45, 7) is 12.3. The Hall–Kier alpha value is -0.160. The van der Waals surface area contributed by atoms with E-state index in [1.54, 1.807) is 0 Å². The summed E-state index contributed by atoms with van der Waals surface area (Å²) in [7, 11) is 0. The van der Waals surface area contributed by atoms with E-state index in [0.717, 1.165) is 13.0 Å². The van der Waals surface area contributed by atoms with Crippen LogP contribution in [-0.4, -0.2) is 50.7 Å². The molecule has 2 N–H and O–H groups in total. The molecular formula is C13H29NO3. The maximum Gasteiger partial charge on any atom is 0.0897 e. The zero-order chi connectivity index (χ0) is 13.1. The van der Waals surface area contributed by atoms with E-state index in [1.807, 2.05) is 6.92 Å². The predicted octanol–water partition coefficient (Wildman–Crippen LogP) is 1.43. The zero-order valence-corrected chi connectivity index (χ0v) is 11.8. The highest BCUT2D eigenvalue weighted by Crippen LogP contribution is 2.17. The van der Waals surface area contributed by atoms with E-state index in [4.69, 9.17) is 9.47 Å². The van der Waals surface area contributed by atoms with Crippen molar-refractivity contribution in [3.8, 4) is 0 Å². The van der Waals surface area contributed by atoms with Crippen LogP contribution in [0.3, 0.4) is 0 Å². The van der Waals surface area contributed by atoms with E-state index in [-0.39, 0.29) is 5.41 Å². The minimum atomic E-state index is -0.440. The van der Waals surface area contributed by atoms with Gasteiger partial charge in [0.2, 0.25) is 0 Å². The Morgan fingerprint density at radius 2 is 1.82 bits per heavy atom. The molecule has 0 bridgehead atoms. The fraction of sp³-hybridized carbons (Fsp3) is 1.00. The maximum absolute atomic E-state index is 9.65. The summed E-state index contributed by atoms with van der Waals surface area (Å²) in [5.74, 6) is 0. The third-order valence-electron chi connectivity index (χ3n) is 2.83. The lowest BCUT2D eigenvalue weighted by atomic mass is 9.90. The summed E-state index contributed by atoms with van der Waals surface area (Å²) >= 11 is 0. The third kappa shape index (κ3) is 10.7. The first-order chi connectivity index (χ1) is 8.02. The molecule has 17 heavy (non-hydrogen) atoms. The zero-order valence-electron chi connectivity index (χ0n) is 11.8. The Bertz CT molecular complexity index is 174. The van der Waals surface area contributed by atoms with E-state index in [0.29, 0.717) is 33.0 Å². The molecule has 0 radical (unpaired) electrons. The normalized spacial score (nSPS) is 13.9. The van der Waals surface area contributed by atoms with Gasteiger partial charge in [-0.05, 0) is 18.8 Å². The topological polar surface area (TPSA) is 50.7 Å². The summed E-state index contributed by atoms with van der Waals surface area (Å²) < 4.78 is 10.4. The quantitative estimate of drug-likeness (QED) is 0.542. The number of hydrogen-bond acceptors (Lipinski definition) is 4. The van der Waals surface area contributed by atoms with Crippen LogP contribution in [0.1, 0.15) is 34.1 Å². The molecule has 1 unspecified atom stereocenters. The fourth-order valence-electron chi connectivity index (χ4n) is 1.24. The van der Waals surface area contributed by atoms with Crippen molar-refractivity contribution < 1.29 is 14.6 Å². The van der Waals surface area contributed by atoms with Gasteiger partial charge in [0.25, 0.3) is 0 Å². The van der Waals surface area contributed by atoms with Gasteiger partial charge in [0.05, 0.1) is 25.9 Å². The van der Waals surface area contributed by atoms with Crippen LogP contribution in [0.2, 0.25) is 0 Å². The highest BCUT2D eigenvalue weighted by Gasteiger charge is 2.14. The van der Waals surface area contributed by atoms with Crippen LogP contribution in [0.5, 0.6) is 0 Å². The van der Waals surface area contributed by atoms with Crippen molar-refractivity contribution in [3.05, 3.63) is 0 Å². The molecule has 4 nitrogen and oxygen atoms in total.